The normalized spacial score (nSPS) is 15.2. The zero-order valence-corrected chi connectivity index (χ0v) is 19.8. The van der Waals surface area contributed by atoms with E-state index < -0.39 is 10.0 Å². The summed E-state index contributed by atoms with van der Waals surface area (Å²) in [4.78, 5) is 12.4. The number of hydrogen-bond acceptors (Lipinski definition) is 4. The number of nitrogens with one attached hydrogen (secondary N) is 1. The molecule has 0 atom stereocenters. The van der Waals surface area contributed by atoms with E-state index in [4.69, 9.17) is 16.3 Å². The summed E-state index contributed by atoms with van der Waals surface area (Å²) in [6.45, 7) is 2.12. The number of amides is 1. The van der Waals surface area contributed by atoms with E-state index in [1.165, 1.54) is 0 Å². The Bertz CT molecular complexity index is 972. The Labute approximate surface area is 196 Å². The maximum absolute atomic E-state index is 12.8. The SMILES string of the molecule is O=C(CCCOc1ccccc1Cl)NCCc1ccc(S(=O)(=O)N2CCCCCC2)cc1. The summed E-state index contributed by atoms with van der Waals surface area (Å²) in [7, 11) is -3.43. The predicted molar refractivity (Wildman–Crippen MR) is 127 cm³/mol. The lowest BCUT2D eigenvalue weighted by Crippen LogP contribution is -2.31. The lowest BCUT2D eigenvalue weighted by Gasteiger charge is -2.20. The van der Waals surface area contributed by atoms with Crippen LogP contribution in [-0.4, -0.2) is 44.9 Å². The molecule has 1 heterocycles. The van der Waals surface area contributed by atoms with Gasteiger partial charge in [0.25, 0.3) is 0 Å². The van der Waals surface area contributed by atoms with Gasteiger partial charge in [-0.25, -0.2) is 8.42 Å². The van der Waals surface area contributed by atoms with E-state index in [1.807, 2.05) is 24.3 Å². The number of nitrogens with zero attached hydrogens (tertiary/aromatic N) is 1. The molecule has 2 aromatic rings. The van der Waals surface area contributed by atoms with Crippen molar-refractivity contribution in [2.24, 2.45) is 0 Å². The van der Waals surface area contributed by atoms with Crippen LogP contribution in [0.3, 0.4) is 0 Å². The average molecular weight is 479 g/mol. The molecule has 2 aromatic carbocycles. The van der Waals surface area contributed by atoms with Crippen molar-refractivity contribution < 1.29 is 17.9 Å². The monoisotopic (exact) mass is 478 g/mol. The summed E-state index contributed by atoms with van der Waals surface area (Å²) in [6.07, 6.45) is 5.63. The number of halogens is 1. The van der Waals surface area contributed by atoms with Crippen LogP contribution < -0.4 is 10.1 Å². The third-order valence-corrected chi connectivity index (χ3v) is 7.73. The number of sulfonamides is 1. The first kappa shape index (κ1) is 24.6. The van der Waals surface area contributed by atoms with Crippen LogP contribution >= 0.6 is 11.6 Å². The van der Waals surface area contributed by atoms with E-state index in [1.54, 1.807) is 28.6 Å². The number of para-hydroxylation sites is 1. The van der Waals surface area contributed by atoms with Crippen molar-refractivity contribution in [3.05, 3.63) is 59.1 Å². The van der Waals surface area contributed by atoms with Crippen LogP contribution in [0, 0.1) is 0 Å². The van der Waals surface area contributed by atoms with Gasteiger partial charge in [0, 0.05) is 26.1 Å². The van der Waals surface area contributed by atoms with Gasteiger partial charge in [0.2, 0.25) is 15.9 Å². The molecular formula is C24H31ClN2O4S. The lowest BCUT2D eigenvalue weighted by molar-refractivity contribution is -0.121. The minimum Gasteiger partial charge on any atom is -0.492 e. The summed E-state index contributed by atoms with van der Waals surface area (Å²) in [5, 5.41) is 3.46. The van der Waals surface area contributed by atoms with Crippen LogP contribution in [0.4, 0.5) is 0 Å². The van der Waals surface area contributed by atoms with E-state index in [-0.39, 0.29) is 5.91 Å². The second-order valence-corrected chi connectivity index (χ2v) is 10.3. The van der Waals surface area contributed by atoms with Gasteiger partial charge in [-0.3, -0.25) is 4.79 Å². The first-order chi connectivity index (χ1) is 15.5. The van der Waals surface area contributed by atoms with Crippen molar-refractivity contribution in [3.63, 3.8) is 0 Å². The summed E-state index contributed by atoms with van der Waals surface area (Å²) in [6, 6.07) is 14.2. The van der Waals surface area contributed by atoms with Crippen LogP contribution in [0.15, 0.2) is 53.4 Å². The Morgan fingerprint density at radius 2 is 1.69 bits per heavy atom. The summed E-state index contributed by atoms with van der Waals surface area (Å²) in [5.74, 6) is 0.587. The van der Waals surface area contributed by atoms with Crippen molar-refractivity contribution in [1.82, 2.24) is 9.62 Å². The van der Waals surface area contributed by atoms with E-state index in [0.29, 0.717) is 61.2 Å². The van der Waals surface area contributed by atoms with E-state index >= 15 is 0 Å². The van der Waals surface area contributed by atoms with Crippen molar-refractivity contribution in [2.75, 3.05) is 26.2 Å². The highest BCUT2D eigenvalue weighted by Gasteiger charge is 2.24. The quantitative estimate of drug-likeness (QED) is 0.513. The second kappa shape index (κ2) is 12.2. The highest BCUT2D eigenvalue weighted by atomic mass is 35.5. The molecule has 0 spiro atoms. The molecule has 0 aromatic heterocycles. The summed E-state index contributed by atoms with van der Waals surface area (Å²) in [5.41, 5.74) is 0.988. The van der Waals surface area contributed by atoms with Gasteiger partial charge >= 0.3 is 0 Å². The van der Waals surface area contributed by atoms with Gasteiger partial charge in [-0.1, -0.05) is 48.7 Å². The van der Waals surface area contributed by atoms with Crippen molar-refractivity contribution >= 4 is 27.5 Å². The van der Waals surface area contributed by atoms with Crippen LogP contribution in [0.25, 0.3) is 0 Å². The molecule has 1 N–H and O–H groups in total. The van der Waals surface area contributed by atoms with Gasteiger partial charge in [-0.05, 0) is 55.5 Å². The van der Waals surface area contributed by atoms with E-state index in [0.717, 1.165) is 31.2 Å². The van der Waals surface area contributed by atoms with Gasteiger partial charge < -0.3 is 10.1 Å². The Morgan fingerprint density at radius 3 is 2.38 bits per heavy atom. The first-order valence-corrected chi connectivity index (χ1v) is 13.0. The van der Waals surface area contributed by atoms with E-state index in [9.17, 15) is 13.2 Å². The molecule has 3 rings (SSSR count). The number of benzene rings is 2. The third-order valence-electron chi connectivity index (χ3n) is 5.50. The smallest absolute Gasteiger partial charge is 0.243 e. The molecular weight excluding hydrogens is 448 g/mol. The number of ether oxygens (including phenoxy) is 1. The maximum atomic E-state index is 12.8. The fourth-order valence-electron chi connectivity index (χ4n) is 3.67. The number of hydrogen-bond donors (Lipinski definition) is 1. The first-order valence-electron chi connectivity index (χ1n) is 11.2. The van der Waals surface area contributed by atoms with Gasteiger partial charge in [0.15, 0.2) is 0 Å². The molecule has 0 saturated carbocycles. The molecule has 0 bridgehead atoms. The number of rotatable bonds is 10. The minimum atomic E-state index is -3.43. The molecule has 1 aliphatic rings. The van der Waals surface area contributed by atoms with Crippen molar-refractivity contribution in [2.45, 2.75) is 49.8 Å². The predicted octanol–water partition coefficient (Wildman–Crippen LogP) is 4.42. The topological polar surface area (TPSA) is 75.7 Å². The summed E-state index contributed by atoms with van der Waals surface area (Å²) < 4.78 is 32.9. The van der Waals surface area contributed by atoms with Gasteiger partial charge in [-0.2, -0.15) is 4.31 Å². The fraction of sp³-hybridized carbons (Fsp3) is 0.458. The summed E-state index contributed by atoms with van der Waals surface area (Å²) >= 11 is 6.03. The minimum absolute atomic E-state index is 0.0341. The second-order valence-electron chi connectivity index (χ2n) is 7.94. The van der Waals surface area contributed by atoms with Gasteiger partial charge in [0.1, 0.15) is 5.75 Å². The van der Waals surface area contributed by atoms with Crippen LogP contribution in [-0.2, 0) is 21.2 Å². The highest BCUT2D eigenvalue weighted by molar-refractivity contribution is 7.89. The molecule has 174 valence electrons. The Balaban J connectivity index is 1.37. The number of carbonyl (C=O) groups excluding carboxylic acids is 1. The Hall–Kier alpha value is -2.09. The van der Waals surface area contributed by atoms with Crippen molar-refractivity contribution in [3.8, 4) is 5.75 Å². The third kappa shape index (κ3) is 7.22. The Morgan fingerprint density at radius 1 is 1.00 bits per heavy atom. The van der Waals surface area contributed by atoms with E-state index in [2.05, 4.69) is 5.32 Å². The molecule has 1 fully saturated rings. The number of carbonyl (C=O) groups is 1. The zero-order valence-electron chi connectivity index (χ0n) is 18.3. The zero-order chi connectivity index (χ0) is 22.8. The molecule has 0 aliphatic carbocycles. The fourth-order valence-corrected chi connectivity index (χ4v) is 5.38. The van der Waals surface area contributed by atoms with Crippen molar-refractivity contribution in [1.29, 1.82) is 0 Å². The lowest BCUT2D eigenvalue weighted by atomic mass is 10.1. The molecule has 0 unspecified atom stereocenters. The molecule has 8 heteroatoms. The average Bonchev–Trinajstić information content (AvgIpc) is 3.08. The standard InChI is InChI=1S/C24H31ClN2O4S/c25-22-8-3-4-9-23(22)31-19-7-10-24(28)26-16-15-20-11-13-21(14-12-20)32(29,30)27-17-5-1-2-6-18-27/h3-4,8-9,11-14H,1-2,5-7,10,15-19H2,(H,26,28). The molecule has 0 radical (unpaired) electrons. The molecule has 32 heavy (non-hydrogen) atoms. The van der Waals surface area contributed by atoms with Gasteiger partial charge in [-0.15, -0.1) is 0 Å². The van der Waals surface area contributed by atoms with Crippen LogP contribution in [0.1, 0.15) is 44.1 Å². The van der Waals surface area contributed by atoms with Gasteiger partial charge in [0.05, 0.1) is 16.5 Å². The van der Waals surface area contributed by atoms with Crippen LogP contribution in [0.5, 0.6) is 5.75 Å². The largest absolute Gasteiger partial charge is 0.492 e. The maximum Gasteiger partial charge on any atom is 0.243 e. The molecule has 1 amide bonds. The van der Waals surface area contributed by atoms with Crippen LogP contribution in [0.2, 0.25) is 5.02 Å². The molecule has 1 aliphatic heterocycles. The Kier molecular flexibility index (Phi) is 9.38. The molecule has 1 saturated heterocycles. The highest BCUT2D eigenvalue weighted by Crippen LogP contribution is 2.23. The molecule has 6 nitrogen and oxygen atoms in total.